The number of halogens is 1. The minimum atomic E-state index is -0.417. The predicted octanol–water partition coefficient (Wildman–Crippen LogP) is 3.09. The molecule has 1 N–H and O–H groups in total. The van der Waals surface area contributed by atoms with Crippen molar-refractivity contribution in [1.29, 1.82) is 0 Å². The molecule has 2 aromatic rings. The molecular formula is C19H19ClN4O4S. The summed E-state index contributed by atoms with van der Waals surface area (Å²) < 4.78 is 5.08. The molecule has 8 nitrogen and oxygen atoms in total. The molecule has 3 rings (SSSR count). The first-order valence-electron chi connectivity index (χ1n) is 8.82. The quantitative estimate of drug-likeness (QED) is 0.449. The fourth-order valence-electron chi connectivity index (χ4n) is 3.07. The van der Waals surface area contributed by atoms with Crippen molar-refractivity contribution in [3.05, 3.63) is 63.2 Å². The monoisotopic (exact) mass is 434 g/mol. The molecule has 1 amide bonds. The zero-order valence-corrected chi connectivity index (χ0v) is 17.2. The van der Waals surface area contributed by atoms with Crippen molar-refractivity contribution in [3.63, 3.8) is 0 Å². The molecule has 152 valence electrons. The maximum absolute atomic E-state index is 12.3. The molecule has 1 fully saturated rings. The average molecular weight is 435 g/mol. The molecule has 0 aromatic heterocycles. The normalized spacial score (nSPS) is 13.7. The van der Waals surface area contributed by atoms with Gasteiger partial charge in [-0.15, -0.1) is 0 Å². The van der Waals surface area contributed by atoms with E-state index < -0.39 is 4.92 Å². The van der Waals surface area contributed by atoms with Crippen LogP contribution in [0, 0.1) is 10.1 Å². The van der Waals surface area contributed by atoms with Crippen LogP contribution in [0.1, 0.15) is 10.4 Å². The highest BCUT2D eigenvalue weighted by molar-refractivity contribution is 7.80. The van der Waals surface area contributed by atoms with Crippen LogP contribution < -0.4 is 15.0 Å². The van der Waals surface area contributed by atoms with Gasteiger partial charge >= 0.3 is 0 Å². The molecule has 0 atom stereocenters. The van der Waals surface area contributed by atoms with Gasteiger partial charge in [-0.25, -0.2) is 0 Å². The van der Waals surface area contributed by atoms with Crippen LogP contribution in [0.2, 0.25) is 5.02 Å². The van der Waals surface area contributed by atoms with E-state index in [1.165, 1.54) is 13.2 Å². The number of piperazine rings is 1. The summed E-state index contributed by atoms with van der Waals surface area (Å²) in [5, 5.41) is 14.9. The molecule has 0 radical (unpaired) electrons. The topological polar surface area (TPSA) is 88.0 Å². The minimum absolute atomic E-state index is 0.00497. The highest BCUT2D eigenvalue weighted by Crippen LogP contribution is 2.32. The van der Waals surface area contributed by atoms with Crippen LogP contribution in [0.15, 0.2) is 42.5 Å². The number of carbonyl (C=O) groups excluding carboxylic acids is 1. The van der Waals surface area contributed by atoms with Crippen LogP contribution in [0.4, 0.5) is 11.4 Å². The molecule has 0 saturated carbocycles. The highest BCUT2D eigenvalue weighted by atomic mass is 35.5. The first kappa shape index (κ1) is 20.8. The summed E-state index contributed by atoms with van der Waals surface area (Å²) in [5.74, 6) is 0.106. The van der Waals surface area contributed by atoms with Crippen molar-refractivity contribution in [2.24, 2.45) is 0 Å². The Balaban J connectivity index is 1.62. The van der Waals surface area contributed by atoms with E-state index in [0.29, 0.717) is 53.3 Å². The molecule has 0 bridgehead atoms. The van der Waals surface area contributed by atoms with E-state index in [1.807, 2.05) is 9.80 Å². The van der Waals surface area contributed by atoms with E-state index >= 15 is 0 Å². The Bertz CT molecular complexity index is 948. The third-order valence-corrected chi connectivity index (χ3v) is 5.19. The van der Waals surface area contributed by atoms with E-state index in [1.54, 1.807) is 36.4 Å². The number of thiocarbonyl (C=S) groups is 1. The van der Waals surface area contributed by atoms with E-state index in [2.05, 4.69) is 5.32 Å². The second-order valence-corrected chi connectivity index (χ2v) is 7.18. The number of anilines is 1. The van der Waals surface area contributed by atoms with Crippen LogP contribution in [0.3, 0.4) is 0 Å². The van der Waals surface area contributed by atoms with Crippen molar-refractivity contribution in [2.75, 3.05) is 38.2 Å². The third-order valence-electron chi connectivity index (χ3n) is 4.59. The van der Waals surface area contributed by atoms with Gasteiger partial charge in [-0.2, -0.15) is 0 Å². The molecular weight excluding hydrogens is 416 g/mol. The fourth-order valence-corrected chi connectivity index (χ4v) is 3.54. The van der Waals surface area contributed by atoms with Gasteiger partial charge in [0.15, 0.2) is 5.11 Å². The highest BCUT2D eigenvalue weighted by Gasteiger charge is 2.26. The molecule has 1 saturated heterocycles. The van der Waals surface area contributed by atoms with Crippen molar-refractivity contribution in [2.45, 2.75) is 0 Å². The lowest BCUT2D eigenvalue weighted by Gasteiger charge is -2.37. The molecule has 1 heterocycles. The van der Waals surface area contributed by atoms with Crippen LogP contribution >= 0.6 is 23.8 Å². The maximum atomic E-state index is 12.3. The second-order valence-electron chi connectivity index (χ2n) is 6.36. The Morgan fingerprint density at radius 1 is 1.21 bits per heavy atom. The van der Waals surface area contributed by atoms with Crippen LogP contribution in [0.25, 0.3) is 0 Å². The predicted molar refractivity (Wildman–Crippen MR) is 115 cm³/mol. The first-order valence-corrected chi connectivity index (χ1v) is 9.61. The zero-order chi connectivity index (χ0) is 21.0. The maximum Gasteiger partial charge on any atom is 0.296 e. The summed E-state index contributed by atoms with van der Waals surface area (Å²) in [7, 11) is 1.47. The van der Waals surface area contributed by atoms with Gasteiger partial charge in [-0.3, -0.25) is 20.2 Å². The van der Waals surface area contributed by atoms with Crippen LogP contribution in [-0.4, -0.2) is 54.1 Å². The second kappa shape index (κ2) is 9.06. The van der Waals surface area contributed by atoms with Crippen LogP contribution in [0.5, 0.6) is 5.75 Å². The Kier molecular flexibility index (Phi) is 6.50. The van der Waals surface area contributed by atoms with Crippen LogP contribution in [-0.2, 0) is 0 Å². The van der Waals surface area contributed by atoms with Crippen molar-refractivity contribution in [1.82, 2.24) is 10.2 Å². The van der Waals surface area contributed by atoms with Gasteiger partial charge in [0.2, 0.25) is 0 Å². The van der Waals surface area contributed by atoms with Gasteiger partial charge < -0.3 is 14.5 Å². The summed E-state index contributed by atoms with van der Waals surface area (Å²) in [5.41, 5.74) is 0.950. The number of nitrogens with zero attached hydrogens (tertiary/aromatic N) is 3. The number of nitro benzene ring substituents is 1. The lowest BCUT2D eigenvalue weighted by atomic mass is 10.2. The Labute approximate surface area is 178 Å². The number of rotatable bonds is 4. The molecule has 2 aromatic carbocycles. The van der Waals surface area contributed by atoms with Gasteiger partial charge in [0.25, 0.3) is 11.6 Å². The Hall–Kier alpha value is -2.91. The number of hydrogen-bond acceptors (Lipinski definition) is 6. The standard InChI is InChI=1S/C19H19ClN4O4S/c1-28-15-5-6-16(17(12-15)24(26)27)22-7-9-23(10-8-22)19(29)21-18(25)13-3-2-4-14(20)11-13/h2-6,11-12H,7-10H2,1H3,(H,21,25,29). The summed E-state index contributed by atoms with van der Waals surface area (Å²) in [6, 6.07) is 11.4. The number of nitro groups is 1. The number of benzene rings is 2. The van der Waals surface area contributed by atoms with Crippen molar-refractivity contribution in [3.8, 4) is 5.75 Å². The molecule has 0 unspecified atom stereocenters. The molecule has 0 aliphatic carbocycles. The van der Waals surface area contributed by atoms with E-state index in [-0.39, 0.29) is 11.6 Å². The number of hydrogen-bond donors (Lipinski definition) is 1. The minimum Gasteiger partial charge on any atom is -0.496 e. The lowest BCUT2D eigenvalue weighted by Crippen LogP contribution is -2.52. The van der Waals surface area contributed by atoms with Gasteiger partial charge in [0, 0.05) is 36.8 Å². The third kappa shape index (κ3) is 4.93. The number of amides is 1. The number of methoxy groups -OCH3 is 1. The first-order chi connectivity index (χ1) is 13.9. The molecule has 1 aliphatic rings. The fraction of sp³-hybridized carbons (Fsp3) is 0.263. The largest absolute Gasteiger partial charge is 0.496 e. The Morgan fingerprint density at radius 2 is 1.93 bits per heavy atom. The summed E-state index contributed by atoms with van der Waals surface area (Å²) in [6.07, 6.45) is 0. The van der Waals surface area contributed by atoms with Crippen molar-refractivity contribution >= 4 is 46.2 Å². The number of nitrogens with one attached hydrogen (secondary N) is 1. The smallest absolute Gasteiger partial charge is 0.296 e. The van der Waals surface area contributed by atoms with Gasteiger partial charge in [-0.1, -0.05) is 17.7 Å². The van der Waals surface area contributed by atoms with Crippen molar-refractivity contribution < 1.29 is 14.5 Å². The summed E-state index contributed by atoms with van der Waals surface area (Å²) in [4.78, 5) is 27.1. The zero-order valence-electron chi connectivity index (χ0n) is 15.6. The summed E-state index contributed by atoms with van der Waals surface area (Å²) in [6.45, 7) is 2.11. The Morgan fingerprint density at radius 3 is 2.55 bits per heavy atom. The SMILES string of the molecule is COc1ccc(N2CCN(C(=S)NC(=O)c3cccc(Cl)c3)CC2)c([N+](=O)[O-])c1. The van der Waals surface area contributed by atoms with E-state index in [0.717, 1.165) is 0 Å². The molecule has 0 spiro atoms. The molecule has 1 aliphatic heterocycles. The average Bonchev–Trinajstić information content (AvgIpc) is 2.73. The number of carbonyl (C=O) groups is 1. The van der Waals surface area contributed by atoms with E-state index in [9.17, 15) is 14.9 Å². The van der Waals surface area contributed by atoms with E-state index in [4.69, 9.17) is 28.6 Å². The summed E-state index contributed by atoms with van der Waals surface area (Å²) >= 11 is 11.3. The van der Waals surface area contributed by atoms with Gasteiger partial charge in [-0.05, 0) is 42.5 Å². The van der Waals surface area contributed by atoms with Gasteiger partial charge in [0.1, 0.15) is 11.4 Å². The molecule has 29 heavy (non-hydrogen) atoms. The lowest BCUT2D eigenvalue weighted by molar-refractivity contribution is -0.384. The number of ether oxygens (including phenoxy) is 1. The van der Waals surface area contributed by atoms with Gasteiger partial charge in [0.05, 0.1) is 18.1 Å². The molecule has 10 heteroatoms.